The zero-order chi connectivity index (χ0) is 22.5. The zero-order valence-corrected chi connectivity index (χ0v) is 18.5. The lowest BCUT2D eigenvalue weighted by Gasteiger charge is -2.19. The van der Waals surface area contributed by atoms with Crippen LogP contribution >= 0.6 is 0 Å². The molecule has 166 valence electrons. The molecule has 1 amide bonds. The van der Waals surface area contributed by atoms with Crippen LogP contribution in [0.25, 0.3) is 11.1 Å². The highest BCUT2D eigenvalue weighted by Crippen LogP contribution is 2.50. The van der Waals surface area contributed by atoms with Crippen molar-refractivity contribution >= 4 is 11.6 Å². The Morgan fingerprint density at radius 3 is 2.48 bits per heavy atom. The molecule has 8 nitrogen and oxygen atoms in total. The minimum Gasteiger partial charge on any atom is -0.493 e. The average Bonchev–Trinajstić information content (AvgIpc) is 2.99. The molecular weight excluding hydrogens is 398 g/mol. The first-order chi connectivity index (χ1) is 14.9. The maximum atomic E-state index is 13.0. The summed E-state index contributed by atoms with van der Waals surface area (Å²) in [4.78, 5) is 24.9. The third-order valence-corrected chi connectivity index (χ3v) is 5.41. The summed E-state index contributed by atoms with van der Waals surface area (Å²) in [5.74, 6) is 1.43. The maximum absolute atomic E-state index is 13.0. The number of fused-ring (bicyclic) bond motifs is 3. The van der Waals surface area contributed by atoms with Crippen molar-refractivity contribution in [2.75, 3.05) is 39.7 Å². The van der Waals surface area contributed by atoms with Gasteiger partial charge in [-0.3, -0.25) is 9.59 Å². The molecule has 8 heteroatoms. The molecule has 0 radical (unpaired) electrons. The molecule has 1 aliphatic rings. The molecule has 0 unspecified atom stereocenters. The Hall–Kier alpha value is -3.26. The van der Waals surface area contributed by atoms with Gasteiger partial charge in [0.1, 0.15) is 0 Å². The van der Waals surface area contributed by atoms with E-state index in [0.717, 1.165) is 22.3 Å². The standard InChI is InChI=1S/C23H29N3O5/c1-13(27)26-17-7-5-14-11-20(29-2)22(30-3)23(31-4)21(14)15-6-8-18(25-10-9-24)19(28)12-16(15)17/h6,8,11-12,17H,5,7,9-10,24H2,1-4H3,(H,25,28)(H,26,27)/p+1/t17-/m0/s1. The first-order valence-corrected chi connectivity index (χ1v) is 10.3. The number of quaternary nitrogens is 1. The van der Waals surface area contributed by atoms with Crippen LogP contribution in [0.3, 0.4) is 0 Å². The second-order valence-corrected chi connectivity index (χ2v) is 7.38. The summed E-state index contributed by atoms with van der Waals surface area (Å²) in [7, 11) is 4.72. The van der Waals surface area contributed by atoms with Crippen molar-refractivity contribution in [1.82, 2.24) is 5.32 Å². The van der Waals surface area contributed by atoms with E-state index < -0.39 is 0 Å². The van der Waals surface area contributed by atoms with Gasteiger partial charge in [0.25, 0.3) is 0 Å². The number of amides is 1. The van der Waals surface area contributed by atoms with Crippen LogP contribution in [0.4, 0.5) is 5.69 Å². The number of ether oxygens (including phenoxy) is 3. The van der Waals surface area contributed by atoms with Gasteiger partial charge >= 0.3 is 0 Å². The second kappa shape index (κ2) is 9.70. The molecule has 0 bridgehead atoms. The largest absolute Gasteiger partial charge is 0.493 e. The fourth-order valence-corrected chi connectivity index (χ4v) is 4.08. The van der Waals surface area contributed by atoms with Crippen LogP contribution in [-0.2, 0) is 11.2 Å². The molecule has 2 aromatic carbocycles. The molecule has 0 spiro atoms. The summed E-state index contributed by atoms with van der Waals surface area (Å²) in [6.07, 6.45) is 1.29. The van der Waals surface area contributed by atoms with Crippen molar-refractivity contribution < 1.29 is 24.7 Å². The van der Waals surface area contributed by atoms with Crippen molar-refractivity contribution in [1.29, 1.82) is 0 Å². The number of hydrogen-bond donors (Lipinski definition) is 3. The Morgan fingerprint density at radius 2 is 1.87 bits per heavy atom. The Kier molecular flexibility index (Phi) is 7.02. The molecule has 0 aliphatic heterocycles. The molecule has 0 fully saturated rings. The predicted molar refractivity (Wildman–Crippen MR) is 119 cm³/mol. The van der Waals surface area contributed by atoms with Gasteiger partial charge in [0, 0.05) is 12.5 Å². The van der Waals surface area contributed by atoms with Gasteiger partial charge in [-0.15, -0.1) is 0 Å². The predicted octanol–water partition coefficient (Wildman–Crippen LogP) is 1.52. The third-order valence-electron chi connectivity index (χ3n) is 5.41. The lowest BCUT2D eigenvalue weighted by atomic mass is 9.95. The third kappa shape index (κ3) is 4.44. The first kappa shape index (κ1) is 22.4. The number of aryl methyl sites for hydroxylation is 1. The molecule has 0 saturated carbocycles. The van der Waals surface area contributed by atoms with E-state index in [4.69, 9.17) is 14.2 Å². The minimum atomic E-state index is -0.317. The van der Waals surface area contributed by atoms with Crippen LogP contribution in [0, 0.1) is 0 Å². The van der Waals surface area contributed by atoms with Crippen LogP contribution in [0.1, 0.15) is 30.5 Å². The van der Waals surface area contributed by atoms with E-state index in [1.54, 1.807) is 33.5 Å². The molecule has 3 rings (SSSR count). The zero-order valence-electron chi connectivity index (χ0n) is 18.5. The summed E-state index contributed by atoms with van der Waals surface area (Å²) in [5, 5.41) is 6.13. The van der Waals surface area contributed by atoms with Crippen LogP contribution in [0.2, 0.25) is 0 Å². The van der Waals surface area contributed by atoms with Gasteiger partial charge in [-0.05, 0) is 47.7 Å². The van der Waals surface area contributed by atoms with Gasteiger partial charge in [0.05, 0.1) is 46.1 Å². The van der Waals surface area contributed by atoms with Crippen LogP contribution in [-0.4, -0.2) is 40.3 Å². The van der Waals surface area contributed by atoms with Gasteiger partial charge in [-0.2, -0.15) is 0 Å². The van der Waals surface area contributed by atoms with Crippen molar-refractivity contribution in [3.63, 3.8) is 0 Å². The number of benzene rings is 1. The smallest absolute Gasteiger partial charge is 0.217 e. The van der Waals surface area contributed by atoms with E-state index in [1.165, 1.54) is 6.92 Å². The van der Waals surface area contributed by atoms with E-state index in [9.17, 15) is 9.59 Å². The molecule has 0 heterocycles. The Morgan fingerprint density at radius 1 is 1.13 bits per heavy atom. The quantitative estimate of drug-likeness (QED) is 0.616. The van der Waals surface area contributed by atoms with Crippen molar-refractivity contribution in [3.8, 4) is 28.4 Å². The molecule has 5 N–H and O–H groups in total. The normalized spacial score (nSPS) is 14.5. The number of nitrogens with one attached hydrogen (secondary N) is 2. The highest BCUT2D eigenvalue weighted by atomic mass is 16.5. The highest BCUT2D eigenvalue weighted by molar-refractivity contribution is 5.83. The Bertz CT molecular complexity index is 1040. The fraction of sp³-hybridized carbons (Fsp3) is 0.391. The van der Waals surface area contributed by atoms with Gasteiger partial charge in [-0.25, -0.2) is 0 Å². The van der Waals surface area contributed by atoms with Gasteiger partial charge in [-0.1, -0.05) is 6.07 Å². The van der Waals surface area contributed by atoms with E-state index in [2.05, 4.69) is 16.4 Å². The molecule has 1 aliphatic carbocycles. The summed E-state index contributed by atoms with van der Waals surface area (Å²) in [6.45, 7) is 2.72. The first-order valence-electron chi connectivity index (χ1n) is 10.3. The molecule has 2 aromatic rings. The van der Waals surface area contributed by atoms with E-state index >= 15 is 0 Å². The summed E-state index contributed by atoms with van der Waals surface area (Å²) >= 11 is 0. The Balaban J connectivity index is 2.36. The van der Waals surface area contributed by atoms with E-state index in [0.29, 0.717) is 48.9 Å². The lowest BCUT2D eigenvalue weighted by molar-refractivity contribution is -0.362. The van der Waals surface area contributed by atoms with Crippen LogP contribution in [0.15, 0.2) is 29.1 Å². The van der Waals surface area contributed by atoms with Crippen LogP contribution < -0.4 is 36.0 Å². The molecule has 0 saturated heterocycles. The average molecular weight is 429 g/mol. The number of hydrogen-bond acceptors (Lipinski definition) is 6. The lowest BCUT2D eigenvalue weighted by Crippen LogP contribution is -2.53. The van der Waals surface area contributed by atoms with Crippen molar-refractivity contribution in [3.05, 3.63) is 45.6 Å². The highest BCUT2D eigenvalue weighted by Gasteiger charge is 2.29. The Labute approximate surface area is 181 Å². The molecular formula is C23H30N3O5+. The topological polar surface area (TPSA) is 114 Å². The van der Waals surface area contributed by atoms with Gasteiger partial charge in [0.2, 0.25) is 17.1 Å². The summed E-state index contributed by atoms with van der Waals surface area (Å²) in [5.41, 5.74) is 7.54. The minimum absolute atomic E-state index is 0.145. The monoisotopic (exact) mass is 428 g/mol. The maximum Gasteiger partial charge on any atom is 0.217 e. The fourth-order valence-electron chi connectivity index (χ4n) is 4.08. The summed E-state index contributed by atoms with van der Waals surface area (Å²) in [6, 6.07) is 6.89. The number of methoxy groups -OCH3 is 3. The van der Waals surface area contributed by atoms with Gasteiger partial charge < -0.3 is 30.6 Å². The number of anilines is 1. The second-order valence-electron chi connectivity index (χ2n) is 7.38. The SMILES string of the molecule is COc1cc2c(c(OC)c1OC)-c1ccc(NCC[NH3+])c(=O)cc1[C@@H](NC(C)=O)CC2. The van der Waals surface area contributed by atoms with Crippen LogP contribution in [0.5, 0.6) is 17.2 Å². The summed E-state index contributed by atoms with van der Waals surface area (Å²) < 4.78 is 16.9. The molecule has 1 atom stereocenters. The molecule has 31 heavy (non-hydrogen) atoms. The number of rotatable bonds is 7. The van der Waals surface area contributed by atoms with Crippen molar-refractivity contribution in [2.45, 2.75) is 25.8 Å². The molecule has 0 aromatic heterocycles. The number of carbonyl (C=O) groups excluding carboxylic acids is 1. The number of carbonyl (C=O) groups is 1. The van der Waals surface area contributed by atoms with Crippen molar-refractivity contribution in [2.24, 2.45) is 0 Å². The van der Waals surface area contributed by atoms with E-state index in [-0.39, 0.29) is 17.4 Å². The van der Waals surface area contributed by atoms with Gasteiger partial charge in [0.15, 0.2) is 11.5 Å². The van der Waals surface area contributed by atoms with E-state index in [1.807, 2.05) is 12.1 Å².